The maximum absolute atomic E-state index is 13.9. The summed E-state index contributed by atoms with van der Waals surface area (Å²) in [7, 11) is 0. The Bertz CT molecular complexity index is 736. The van der Waals surface area contributed by atoms with Crippen molar-refractivity contribution in [1.82, 2.24) is 0 Å². The van der Waals surface area contributed by atoms with Crippen molar-refractivity contribution in [1.29, 1.82) is 0 Å². The van der Waals surface area contributed by atoms with Crippen LogP contribution in [0.25, 0.3) is 0 Å². The monoisotopic (exact) mass is 391 g/mol. The van der Waals surface area contributed by atoms with E-state index in [1.54, 1.807) is 6.07 Å². The summed E-state index contributed by atoms with van der Waals surface area (Å²) in [6.45, 7) is 2.64. The lowest BCUT2D eigenvalue weighted by molar-refractivity contribution is -0.118. The average Bonchev–Trinajstić information content (AvgIpc) is 3.32. The number of benzene rings is 2. The first-order chi connectivity index (χ1) is 11.5. The molecule has 1 saturated carbocycles. The maximum atomic E-state index is 13.9. The van der Waals surface area contributed by atoms with E-state index in [4.69, 9.17) is 4.74 Å². The Kier molecular flexibility index (Phi) is 5.19. The van der Waals surface area contributed by atoms with Crippen LogP contribution in [0.5, 0.6) is 5.75 Å². The maximum Gasteiger partial charge on any atom is 0.155 e. The Balaban J connectivity index is 1.69. The summed E-state index contributed by atoms with van der Waals surface area (Å²) in [5.74, 6) is 0.835. The van der Waals surface area contributed by atoms with Crippen LogP contribution in [0.3, 0.4) is 0 Å². The number of Topliss-reactive ketones (excluding diaryl/α,β-unsaturated/α-hetero) is 1. The lowest BCUT2D eigenvalue weighted by Crippen LogP contribution is -2.16. The van der Waals surface area contributed by atoms with Crippen molar-refractivity contribution in [3.63, 3.8) is 0 Å². The van der Waals surface area contributed by atoms with E-state index in [2.05, 4.69) is 28.2 Å². The van der Waals surface area contributed by atoms with Crippen LogP contribution in [0.15, 0.2) is 46.9 Å². The Hall–Kier alpha value is -1.88. The van der Waals surface area contributed by atoms with Crippen LogP contribution in [0, 0.1) is 17.7 Å². The van der Waals surface area contributed by atoms with Gasteiger partial charge < -0.3 is 10.1 Å². The van der Waals surface area contributed by atoms with Crippen LogP contribution in [0.2, 0.25) is 0 Å². The highest BCUT2D eigenvalue weighted by Gasteiger charge is 2.38. The van der Waals surface area contributed by atoms with E-state index in [-0.39, 0.29) is 18.2 Å². The topological polar surface area (TPSA) is 38.3 Å². The molecule has 0 aromatic heterocycles. The van der Waals surface area contributed by atoms with Crippen LogP contribution >= 0.6 is 15.9 Å². The number of ketones is 1. The Labute approximate surface area is 149 Å². The molecule has 0 heterocycles. The zero-order valence-corrected chi connectivity index (χ0v) is 15.0. The molecule has 1 aliphatic rings. The SMILES string of the molecule is C[C@@H]1CC1C(=O)CNc1cc(Br)c(F)cc1OCc1ccccc1. The molecule has 1 fully saturated rings. The molecule has 1 N–H and O–H groups in total. The first-order valence-corrected chi connectivity index (χ1v) is 8.76. The molecule has 5 heteroatoms. The van der Waals surface area contributed by atoms with Crippen LogP contribution < -0.4 is 10.1 Å². The van der Waals surface area contributed by atoms with Gasteiger partial charge in [-0.2, -0.15) is 0 Å². The molecule has 24 heavy (non-hydrogen) atoms. The van der Waals surface area contributed by atoms with Gasteiger partial charge in [0.05, 0.1) is 16.7 Å². The van der Waals surface area contributed by atoms with Gasteiger partial charge in [-0.05, 0) is 39.9 Å². The highest BCUT2D eigenvalue weighted by atomic mass is 79.9. The van der Waals surface area contributed by atoms with E-state index < -0.39 is 5.82 Å². The predicted molar refractivity (Wildman–Crippen MR) is 95.6 cm³/mol. The highest BCUT2D eigenvalue weighted by molar-refractivity contribution is 9.10. The van der Waals surface area contributed by atoms with Gasteiger partial charge in [-0.1, -0.05) is 37.3 Å². The molecule has 3 rings (SSSR count). The van der Waals surface area contributed by atoms with E-state index in [0.29, 0.717) is 28.4 Å². The van der Waals surface area contributed by atoms with Crippen molar-refractivity contribution >= 4 is 27.4 Å². The van der Waals surface area contributed by atoms with Gasteiger partial charge in [0, 0.05) is 12.0 Å². The van der Waals surface area contributed by atoms with Gasteiger partial charge in [0.2, 0.25) is 0 Å². The molecule has 0 saturated heterocycles. The third-order valence-electron chi connectivity index (χ3n) is 4.24. The Morgan fingerprint density at radius 3 is 2.71 bits per heavy atom. The van der Waals surface area contributed by atoms with Crippen molar-refractivity contribution in [2.45, 2.75) is 20.0 Å². The lowest BCUT2D eigenvalue weighted by atomic mass is 10.2. The van der Waals surface area contributed by atoms with Gasteiger partial charge in [-0.3, -0.25) is 4.79 Å². The molecule has 1 aliphatic carbocycles. The molecule has 0 aliphatic heterocycles. The van der Waals surface area contributed by atoms with Crippen molar-refractivity contribution in [2.24, 2.45) is 11.8 Å². The van der Waals surface area contributed by atoms with Gasteiger partial charge in [-0.15, -0.1) is 0 Å². The fourth-order valence-corrected chi connectivity index (χ4v) is 2.95. The minimum Gasteiger partial charge on any atom is -0.487 e. The first kappa shape index (κ1) is 17.0. The van der Waals surface area contributed by atoms with Crippen LogP contribution in [-0.4, -0.2) is 12.3 Å². The van der Waals surface area contributed by atoms with Gasteiger partial charge in [0.1, 0.15) is 18.2 Å². The van der Waals surface area contributed by atoms with Crippen molar-refractivity contribution in [2.75, 3.05) is 11.9 Å². The van der Waals surface area contributed by atoms with Gasteiger partial charge in [0.15, 0.2) is 5.78 Å². The van der Waals surface area contributed by atoms with E-state index in [1.807, 2.05) is 30.3 Å². The minimum atomic E-state index is -0.397. The normalized spacial score (nSPS) is 19.0. The van der Waals surface area contributed by atoms with E-state index in [9.17, 15) is 9.18 Å². The quantitative estimate of drug-likeness (QED) is 0.736. The smallest absolute Gasteiger partial charge is 0.155 e. The molecule has 0 amide bonds. The highest BCUT2D eigenvalue weighted by Crippen LogP contribution is 2.38. The molecule has 126 valence electrons. The van der Waals surface area contributed by atoms with Crippen molar-refractivity contribution in [3.8, 4) is 5.75 Å². The fourth-order valence-electron chi connectivity index (χ4n) is 2.61. The summed E-state index contributed by atoms with van der Waals surface area (Å²) >= 11 is 3.18. The third-order valence-corrected chi connectivity index (χ3v) is 4.84. The zero-order chi connectivity index (χ0) is 17.1. The minimum absolute atomic E-state index is 0.162. The lowest BCUT2D eigenvalue weighted by Gasteiger charge is -2.14. The van der Waals surface area contributed by atoms with Gasteiger partial charge in [0.25, 0.3) is 0 Å². The Morgan fingerprint density at radius 2 is 2.04 bits per heavy atom. The standard InChI is InChI=1S/C19H19BrFNO2/c1-12-7-14(12)18(23)10-22-17-8-15(20)16(21)9-19(17)24-11-13-5-3-2-4-6-13/h2-6,8-9,12,14,22H,7,10-11H2,1H3/t12-,14?/m1/s1. The summed E-state index contributed by atoms with van der Waals surface area (Å²) in [6, 6.07) is 12.6. The number of nitrogens with one attached hydrogen (secondary N) is 1. The summed E-state index contributed by atoms with van der Waals surface area (Å²) in [4.78, 5) is 12.0. The molecule has 2 aromatic carbocycles. The molecule has 3 nitrogen and oxygen atoms in total. The average molecular weight is 392 g/mol. The molecule has 1 unspecified atom stereocenters. The summed E-state index contributed by atoms with van der Waals surface area (Å²) in [6.07, 6.45) is 0.963. The van der Waals surface area contributed by atoms with Crippen LogP contribution in [-0.2, 0) is 11.4 Å². The van der Waals surface area contributed by atoms with E-state index >= 15 is 0 Å². The second kappa shape index (κ2) is 7.34. The number of ether oxygens (including phenoxy) is 1. The second-order valence-corrected chi connectivity index (χ2v) is 7.03. The predicted octanol–water partition coefficient (Wildman–Crippen LogP) is 4.80. The van der Waals surface area contributed by atoms with Crippen molar-refractivity contribution < 1.29 is 13.9 Å². The number of hydrogen-bond acceptors (Lipinski definition) is 3. The molecule has 0 radical (unpaired) electrons. The number of carbonyl (C=O) groups is 1. The van der Waals surface area contributed by atoms with Crippen molar-refractivity contribution in [3.05, 3.63) is 58.3 Å². The number of halogens is 2. The van der Waals surface area contributed by atoms with Crippen LogP contribution in [0.1, 0.15) is 18.9 Å². The molecular weight excluding hydrogens is 373 g/mol. The zero-order valence-electron chi connectivity index (χ0n) is 13.4. The molecule has 0 spiro atoms. The van der Waals surface area contributed by atoms with E-state index in [0.717, 1.165) is 12.0 Å². The summed E-state index contributed by atoms with van der Waals surface area (Å²) in [5, 5.41) is 3.09. The molecule has 0 bridgehead atoms. The second-order valence-electron chi connectivity index (χ2n) is 6.18. The van der Waals surface area contributed by atoms with Gasteiger partial charge in [-0.25, -0.2) is 4.39 Å². The summed E-state index contributed by atoms with van der Waals surface area (Å²) in [5.41, 5.74) is 1.61. The molecular formula is C19H19BrFNO2. The number of rotatable bonds is 7. The van der Waals surface area contributed by atoms with Crippen LogP contribution in [0.4, 0.5) is 10.1 Å². The summed E-state index contributed by atoms with van der Waals surface area (Å²) < 4.78 is 19.9. The number of hydrogen-bond donors (Lipinski definition) is 1. The largest absolute Gasteiger partial charge is 0.487 e. The molecule has 2 aromatic rings. The Morgan fingerprint density at radius 1 is 1.33 bits per heavy atom. The molecule has 2 atom stereocenters. The first-order valence-electron chi connectivity index (χ1n) is 7.97. The number of carbonyl (C=O) groups excluding carboxylic acids is 1. The fraction of sp³-hybridized carbons (Fsp3) is 0.316. The van der Waals surface area contributed by atoms with E-state index in [1.165, 1.54) is 6.07 Å². The third kappa shape index (κ3) is 4.15. The number of anilines is 1. The van der Waals surface area contributed by atoms with Gasteiger partial charge >= 0.3 is 0 Å².